The number of benzene rings is 3. The number of carbonyl (C=O) groups excluding carboxylic acids is 2. The van der Waals surface area contributed by atoms with Gasteiger partial charge < -0.3 is 19.6 Å². The maximum absolute atomic E-state index is 13.0. The van der Waals surface area contributed by atoms with Crippen molar-refractivity contribution in [1.82, 2.24) is 5.32 Å². The Morgan fingerprint density at radius 3 is 2.41 bits per heavy atom. The lowest BCUT2D eigenvalue weighted by atomic mass is 10.0. The second-order valence-electron chi connectivity index (χ2n) is 8.57. The lowest BCUT2D eigenvalue weighted by molar-refractivity contribution is -0.144. The van der Waals surface area contributed by atoms with Crippen LogP contribution < -0.4 is 5.32 Å². The van der Waals surface area contributed by atoms with Crippen LogP contribution in [0.25, 0.3) is 22.3 Å². The number of phenols is 1. The van der Waals surface area contributed by atoms with Crippen molar-refractivity contribution in [1.29, 1.82) is 0 Å². The molecule has 0 fully saturated rings. The predicted molar refractivity (Wildman–Crippen MR) is 130 cm³/mol. The summed E-state index contributed by atoms with van der Waals surface area (Å²) in [7, 11) is 0. The van der Waals surface area contributed by atoms with Crippen molar-refractivity contribution in [2.75, 3.05) is 6.54 Å². The molecule has 0 aliphatic rings. The average molecular weight is 458 g/mol. The lowest BCUT2D eigenvalue weighted by Crippen LogP contribution is -2.27. The number of nitrogens with one attached hydrogen (secondary N) is 1. The Kier molecular flexibility index (Phi) is 6.97. The molecule has 0 saturated carbocycles. The van der Waals surface area contributed by atoms with E-state index in [0.717, 1.165) is 16.5 Å². The van der Waals surface area contributed by atoms with Gasteiger partial charge in [-0.25, -0.2) is 0 Å². The molecule has 2 N–H and O–H groups in total. The highest BCUT2D eigenvalue weighted by Gasteiger charge is 2.22. The van der Waals surface area contributed by atoms with Crippen molar-refractivity contribution in [3.8, 4) is 17.1 Å². The molecule has 0 unspecified atom stereocenters. The zero-order chi connectivity index (χ0) is 24.1. The van der Waals surface area contributed by atoms with Crippen molar-refractivity contribution in [3.63, 3.8) is 0 Å². The number of aromatic hydroxyl groups is 1. The van der Waals surface area contributed by atoms with E-state index in [0.29, 0.717) is 34.9 Å². The van der Waals surface area contributed by atoms with Gasteiger partial charge in [0.15, 0.2) is 0 Å². The summed E-state index contributed by atoms with van der Waals surface area (Å²) in [6, 6.07) is 21.5. The molecule has 174 valence electrons. The van der Waals surface area contributed by atoms with Crippen molar-refractivity contribution in [2.24, 2.45) is 5.92 Å². The van der Waals surface area contributed by atoms with E-state index >= 15 is 0 Å². The van der Waals surface area contributed by atoms with Crippen molar-refractivity contribution < 1.29 is 23.8 Å². The topological polar surface area (TPSA) is 88.8 Å². The smallest absolute Gasteiger partial charge is 0.310 e. The number of ether oxygens (including phenoxy) is 1. The van der Waals surface area contributed by atoms with Crippen LogP contribution in [0, 0.1) is 5.92 Å². The highest BCUT2D eigenvalue weighted by molar-refractivity contribution is 6.11. The Hall–Kier alpha value is -4.06. The highest BCUT2D eigenvalue weighted by atomic mass is 16.5. The number of furan rings is 1. The summed E-state index contributed by atoms with van der Waals surface area (Å²) in [5.74, 6) is 0.314. The minimum atomic E-state index is -0.424. The van der Waals surface area contributed by atoms with Gasteiger partial charge in [-0.3, -0.25) is 9.59 Å². The molecule has 1 amide bonds. The summed E-state index contributed by atoms with van der Waals surface area (Å²) in [4.78, 5) is 25.2. The van der Waals surface area contributed by atoms with Gasteiger partial charge in [-0.1, -0.05) is 74.5 Å². The molecule has 0 bridgehead atoms. The van der Waals surface area contributed by atoms with Gasteiger partial charge in [0.05, 0.1) is 12.0 Å². The Balaban J connectivity index is 1.49. The summed E-state index contributed by atoms with van der Waals surface area (Å²) in [6.45, 7) is 4.77. The number of hydrogen-bond acceptors (Lipinski definition) is 5. The molecule has 4 aromatic rings. The van der Waals surface area contributed by atoms with Crippen LogP contribution in [-0.4, -0.2) is 23.5 Å². The van der Waals surface area contributed by atoms with E-state index in [9.17, 15) is 14.7 Å². The summed E-state index contributed by atoms with van der Waals surface area (Å²) >= 11 is 0. The number of rotatable bonds is 8. The number of esters is 1. The number of carbonyl (C=O) groups is 2. The fourth-order valence-corrected chi connectivity index (χ4v) is 3.64. The van der Waals surface area contributed by atoms with Crippen molar-refractivity contribution in [3.05, 3.63) is 89.5 Å². The fraction of sp³-hybridized carbons (Fsp3) is 0.214. The Morgan fingerprint density at radius 2 is 1.68 bits per heavy atom. The van der Waals surface area contributed by atoms with E-state index in [1.54, 1.807) is 18.2 Å². The minimum Gasteiger partial charge on any atom is -0.508 e. The van der Waals surface area contributed by atoms with Gasteiger partial charge in [0.1, 0.15) is 23.7 Å². The van der Waals surface area contributed by atoms with Crippen LogP contribution in [0.15, 0.2) is 77.2 Å². The van der Waals surface area contributed by atoms with Gasteiger partial charge in [0.25, 0.3) is 5.91 Å². The molecule has 3 aromatic carbocycles. The molecular weight excluding hydrogens is 430 g/mol. The molecule has 0 radical (unpaired) electrons. The first kappa shape index (κ1) is 23.1. The summed E-state index contributed by atoms with van der Waals surface area (Å²) in [6.07, 6.45) is -0.00140. The van der Waals surface area contributed by atoms with Crippen molar-refractivity contribution >= 4 is 22.8 Å². The van der Waals surface area contributed by atoms with Crippen LogP contribution in [0.1, 0.15) is 35.3 Å². The third-order valence-electron chi connectivity index (χ3n) is 5.44. The molecule has 0 aliphatic carbocycles. The van der Waals surface area contributed by atoms with Gasteiger partial charge in [-0.15, -0.1) is 0 Å². The van der Waals surface area contributed by atoms with Gasteiger partial charge in [0.2, 0.25) is 0 Å². The maximum Gasteiger partial charge on any atom is 0.310 e. The van der Waals surface area contributed by atoms with Crippen LogP contribution in [-0.2, 0) is 22.6 Å². The van der Waals surface area contributed by atoms with Crippen molar-refractivity contribution in [2.45, 2.75) is 26.9 Å². The molecule has 1 aromatic heterocycles. The van der Waals surface area contributed by atoms with E-state index in [1.807, 2.05) is 62.4 Å². The largest absolute Gasteiger partial charge is 0.508 e. The van der Waals surface area contributed by atoms with Crippen LogP contribution in [0.2, 0.25) is 0 Å². The quantitative estimate of drug-likeness (QED) is 0.342. The lowest BCUT2D eigenvalue weighted by Gasteiger charge is -2.09. The number of hydrogen-bond donors (Lipinski definition) is 2. The molecule has 0 spiro atoms. The molecular formula is C28H27NO5. The Labute approximate surface area is 198 Å². The van der Waals surface area contributed by atoms with Crippen LogP contribution >= 0.6 is 0 Å². The summed E-state index contributed by atoms with van der Waals surface area (Å²) < 4.78 is 11.4. The van der Waals surface area contributed by atoms with Crippen LogP contribution in [0.5, 0.6) is 5.75 Å². The number of amides is 1. The fourth-order valence-electron chi connectivity index (χ4n) is 3.64. The summed E-state index contributed by atoms with van der Waals surface area (Å²) in [5.41, 5.74) is 3.25. The predicted octanol–water partition coefficient (Wildman–Crippen LogP) is 5.48. The number of para-hydroxylation sites is 2. The zero-order valence-corrected chi connectivity index (χ0v) is 19.2. The average Bonchev–Trinajstić information content (AvgIpc) is 3.23. The number of phenolic OH excluding ortho intramolecular Hbond substituents is 1. The maximum atomic E-state index is 13.0. The van der Waals surface area contributed by atoms with E-state index in [-0.39, 0.29) is 24.7 Å². The Bertz CT molecular complexity index is 1300. The van der Waals surface area contributed by atoms with E-state index in [1.165, 1.54) is 6.07 Å². The first-order valence-corrected chi connectivity index (χ1v) is 11.2. The number of fused-ring (bicyclic) bond motifs is 1. The standard InChI is InChI=1S/C28H27NO5/c1-18(2)16-29-28(32)26-22-8-4-6-10-24(22)34-27(26)20-13-11-19(12-14-20)17-33-25(31)15-21-7-3-5-9-23(21)30/h3-14,18,30H,15-17H2,1-2H3,(H,29,32). The molecule has 0 saturated heterocycles. The van der Waals surface area contributed by atoms with Gasteiger partial charge in [-0.05, 0) is 23.6 Å². The van der Waals surface area contributed by atoms with Gasteiger partial charge >= 0.3 is 5.97 Å². The summed E-state index contributed by atoms with van der Waals surface area (Å²) in [5, 5.41) is 13.6. The Morgan fingerprint density at radius 1 is 0.971 bits per heavy atom. The van der Waals surface area contributed by atoms with E-state index < -0.39 is 5.97 Å². The molecule has 6 heteroatoms. The molecule has 6 nitrogen and oxygen atoms in total. The third-order valence-corrected chi connectivity index (χ3v) is 5.44. The monoisotopic (exact) mass is 457 g/mol. The molecule has 0 aliphatic heterocycles. The molecule has 34 heavy (non-hydrogen) atoms. The van der Waals surface area contributed by atoms with Gasteiger partial charge in [0, 0.05) is 23.1 Å². The second kappa shape index (κ2) is 10.3. The molecule has 0 atom stereocenters. The molecule has 4 rings (SSSR count). The normalized spacial score (nSPS) is 11.0. The molecule has 1 heterocycles. The van der Waals surface area contributed by atoms with E-state index in [2.05, 4.69) is 5.32 Å². The minimum absolute atomic E-state index is 0.00140. The van der Waals surface area contributed by atoms with Gasteiger partial charge in [-0.2, -0.15) is 0 Å². The third kappa shape index (κ3) is 5.29. The van der Waals surface area contributed by atoms with Crippen LogP contribution in [0.4, 0.5) is 0 Å². The first-order valence-electron chi connectivity index (χ1n) is 11.2. The van der Waals surface area contributed by atoms with E-state index in [4.69, 9.17) is 9.15 Å². The SMILES string of the molecule is CC(C)CNC(=O)c1c(-c2ccc(COC(=O)Cc3ccccc3O)cc2)oc2ccccc12. The second-order valence-corrected chi connectivity index (χ2v) is 8.57. The first-order chi connectivity index (χ1) is 16.4. The highest BCUT2D eigenvalue weighted by Crippen LogP contribution is 2.34. The van der Waals surface area contributed by atoms with Crippen LogP contribution in [0.3, 0.4) is 0 Å². The zero-order valence-electron chi connectivity index (χ0n) is 19.2.